The molecule has 7 nitrogen and oxygen atoms in total. The van der Waals surface area contributed by atoms with E-state index < -0.39 is 24.0 Å². The number of hydrogen-bond acceptors (Lipinski definition) is 4. The second-order valence-corrected chi connectivity index (χ2v) is 7.08. The Kier molecular flexibility index (Phi) is 6.53. The summed E-state index contributed by atoms with van der Waals surface area (Å²) in [6, 6.07) is 15.4. The lowest BCUT2D eigenvalue weighted by Gasteiger charge is -2.26. The molecule has 0 aliphatic heterocycles. The Morgan fingerprint density at radius 1 is 1.21 bits per heavy atom. The van der Waals surface area contributed by atoms with E-state index in [4.69, 9.17) is 16.4 Å². The number of aromatic amines is 1. The van der Waals surface area contributed by atoms with Crippen molar-refractivity contribution < 1.29 is 19.5 Å². The number of H-pyrrole nitrogens is 1. The number of aliphatic hydroxyl groups excluding tert-OH is 1. The van der Waals surface area contributed by atoms with Gasteiger partial charge in [0.05, 0.1) is 13.2 Å². The van der Waals surface area contributed by atoms with E-state index in [0.717, 1.165) is 21.5 Å². The number of nitrogens with one attached hydrogen (secondary N) is 2. The highest BCUT2D eigenvalue weighted by atomic mass is 35.5. The van der Waals surface area contributed by atoms with Crippen molar-refractivity contribution in [3.63, 3.8) is 0 Å². The van der Waals surface area contributed by atoms with Crippen LogP contribution in [0, 0.1) is 0 Å². The molecule has 3 aromatic rings. The van der Waals surface area contributed by atoms with E-state index in [2.05, 4.69) is 10.3 Å². The molecule has 8 heteroatoms. The number of hydroxylamine groups is 2. The number of amides is 2. The summed E-state index contributed by atoms with van der Waals surface area (Å²) in [5.41, 5.74) is 1.93. The molecule has 3 rings (SSSR count). The van der Waals surface area contributed by atoms with Gasteiger partial charge < -0.3 is 15.4 Å². The molecule has 0 aliphatic carbocycles. The normalized spacial score (nSPS) is 13.1. The molecule has 1 heterocycles. The van der Waals surface area contributed by atoms with Gasteiger partial charge in [0.1, 0.15) is 5.69 Å². The highest BCUT2D eigenvalue weighted by molar-refractivity contribution is 6.31. The fraction of sp³-hybridized carbons (Fsp3) is 0.238. The second-order valence-electron chi connectivity index (χ2n) is 6.65. The summed E-state index contributed by atoms with van der Waals surface area (Å²) in [6.45, 7) is 0. The van der Waals surface area contributed by atoms with Crippen molar-refractivity contribution in [2.45, 2.75) is 18.6 Å². The summed E-state index contributed by atoms with van der Waals surface area (Å²) in [5.74, 6) is -1.10. The van der Waals surface area contributed by atoms with Crippen molar-refractivity contribution >= 4 is 34.3 Å². The summed E-state index contributed by atoms with van der Waals surface area (Å²) < 4.78 is 0. The molecule has 0 saturated carbocycles. The zero-order valence-electron chi connectivity index (χ0n) is 16.1. The average Bonchev–Trinajstić information content (AvgIpc) is 3.15. The summed E-state index contributed by atoms with van der Waals surface area (Å²) in [5, 5.41) is 15.6. The molecular formula is C21H22ClN3O4. The van der Waals surface area contributed by atoms with Crippen molar-refractivity contribution in [2.24, 2.45) is 0 Å². The average molecular weight is 416 g/mol. The molecule has 29 heavy (non-hydrogen) atoms. The van der Waals surface area contributed by atoms with E-state index in [0.29, 0.717) is 10.7 Å². The standard InChI is InChI=1S/C21H22ClN3O4/c1-25(29-2)21(28)19(26)17(10-13-6-4-3-5-7-13)24-20(27)18-12-14-11-15(22)8-9-16(14)23-18/h3-9,11-12,17,19,23,26H,10H2,1-2H3,(H,24,27)/t17-,19-/m1/s1. The number of halogens is 1. The summed E-state index contributed by atoms with van der Waals surface area (Å²) in [7, 11) is 2.72. The summed E-state index contributed by atoms with van der Waals surface area (Å²) in [4.78, 5) is 33.1. The number of rotatable bonds is 7. The van der Waals surface area contributed by atoms with Crippen LogP contribution >= 0.6 is 11.6 Å². The number of likely N-dealkylation sites (N-methyl/N-ethyl adjacent to an activating group) is 1. The molecule has 0 fully saturated rings. The predicted octanol–water partition coefficient (Wildman–Crippen LogP) is 2.54. The predicted molar refractivity (Wildman–Crippen MR) is 110 cm³/mol. The molecule has 2 atom stereocenters. The Morgan fingerprint density at radius 2 is 1.93 bits per heavy atom. The number of benzene rings is 2. The van der Waals surface area contributed by atoms with Crippen LogP contribution in [0.1, 0.15) is 16.1 Å². The molecule has 0 bridgehead atoms. The topological polar surface area (TPSA) is 94.7 Å². The Balaban J connectivity index is 1.84. The van der Waals surface area contributed by atoms with Gasteiger partial charge in [0, 0.05) is 23.0 Å². The fourth-order valence-electron chi connectivity index (χ4n) is 3.03. The van der Waals surface area contributed by atoms with Crippen molar-refractivity contribution in [1.29, 1.82) is 0 Å². The van der Waals surface area contributed by atoms with E-state index in [-0.39, 0.29) is 6.42 Å². The van der Waals surface area contributed by atoms with Gasteiger partial charge in [0.15, 0.2) is 6.10 Å². The van der Waals surface area contributed by atoms with Crippen LogP contribution in [0.2, 0.25) is 5.02 Å². The maximum absolute atomic E-state index is 12.8. The first-order valence-corrected chi connectivity index (χ1v) is 9.39. The Bertz CT molecular complexity index is 1010. The molecule has 0 saturated heterocycles. The fourth-order valence-corrected chi connectivity index (χ4v) is 3.21. The van der Waals surface area contributed by atoms with E-state index >= 15 is 0 Å². The first-order chi connectivity index (χ1) is 13.9. The highest BCUT2D eigenvalue weighted by Gasteiger charge is 2.31. The number of aliphatic hydroxyl groups is 1. The Hall–Kier alpha value is -2.87. The molecule has 0 unspecified atom stereocenters. The number of hydrogen-bond donors (Lipinski definition) is 3. The van der Waals surface area contributed by atoms with Gasteiger partial charge in [-0.25, -0.2) is 5.06 Å². The van der Waals surface area contributed by atoms with Gasteiger partial charge in [-0.05, 0) is 36.2 Å². The lowest BCUT2D eigenvalue weighted by atomic mass is 10.0. The molecule has 2 amide bonds. The molecule has 2 aromatic carbocycles. The van der Waals surface area contributed by atoms with Crippen molar-refractivity contribution in [3.8, 4) is 0 Å². The van der Waals surface area contributed by atoms with Crippen molar-refractivity contribution in [1.82, 2.24) is 15.4 Å². The number of carbonyl (C=O) groups excluding carboxylic acids is 2. The Morgan fingerprint density at radius 3 is 2.62 bits per heavy atom. The van der Waals surface area contributed by atoms with Gasteiger partial charge in [-0.15, -0.1) is 0 Å². The zero-order valence-corrected chi connectivity index (χ0v) is 16.8. The molecule has 0 radical (unpaired) electrons. The van der Waals surface area contributed by atoms with Crippen LogP contribution in [0.4, 0.5) is 0 Å². The second kappa shape index (κ2) is 9.09. The van der Waals surface area contributed by atoms with Crippen LogP contribution < -0.4 is 5.32 Å². The van der Waals surface area contributed by atoms with Crippen LogP contribution in [0.3, 0.4) is 0 Å². The maximum Gasteiger partial charge on any atom is 0.276 e. The van der Waals surface area contributed by atoms with Crippen LogP contribution in [0.15, 0.2) is 54.6 Å². The minimum Gasteiger partial charge on any atom is -0.381 e. The van der Waals surface area contributed by atoms with E-state index in [1.807, 2.05) is 30.3 Å². The van der Waals surface area contributed by atoms with E-state index in [1.54, 1.807) is 24.3 Å². The largest absolute Gasteiger partial charge is 0.381 e. The van der Waals surface area contributed by atoms with E-state index in [1.165, 1.54) is 14.2 Å². The van der Waals surface area contributed by atoms with Gasteiger partial charge in [0.2, 0.25) is 0 Å². The van der Waals surface area contributed by atoms with Gasteiger partial charge in [-0.1, -0.05) is 41.9 Å². The van der Waals surface area contributed by atoms with Crippen LogP contribution in [0.5, 0.6) is 0 Å². The third kappa shape index (κ3) is 4.95. The van der Waals surface area contributed by atoms with Gasteiger partial charge in [-0.2, -0.15) is 0 Å². The Labute approximate surface area is 173 Å². The number of nitrogens with zero attached hydrogens (tertiary/aromatic N) is 1. The smallest absolute Gasteiger partial charge is 0.276 e. The molecule has 0 aliphatic rings. The minimum absolute atomic E-state index is 0.267. The van der Waals surface area contributed by atoms with Gasteiger partial charge in [-0.3, -0.25) is 14.4 Å². The zero-order chi connectivity index (χ0) is 21.0. The van der Waals surface area contributed by atoms with Crippen LogP contribution in [0.25, 0.3) is 10.9 Å². The van der Waals surface area contributed by atoms with Crippen LogP contribution in [-0.4, -0.2) is 53.3 Å². The quantitative estimate of drug-likeness (QED) is 0.517. The molecule has 3 N–H and O–H groups in total. The SMILES string of the molecule is CON(C)C(=O)[C@H](O)[C@@H](Cc1ccccc1)NC(=O)c1cc2cc(Cl)ccc2[nH]1. The third-order valence-electron chi connectivity index (χ3n) is 4.66. The first-order valence-electron chi connectivity index (χ1n) is 9.02. The monoisotopic (exact) mass is 415 g/mol. The molecular weight excluding hydrogens is 394 g/mol. The number of aromatic nitrogens is 1. The first kappa shape index (κ1) is 20.9. The van der Waals surface area contributed by atoms with Gasteiger partial charge in [0.25, 0.3) is 11.8 Å². The van der Waals surface area contributed by atoms with Crippen molar-refractivity contribution in [3.05, 3.63) is 70.9 Å². The van der Waals surface area contributed by atoms with E-state index in [9.17, 15) is 14.7 Å². The highest BCUT2D eigenvalue weighted by Crippen LogP contribution is 2.20. The van der Waals surface area contributed by atoms with Crippen LogP contribution in [-0.2, 0) is 16.1 Å². The van der Waals surface area contributed by atoms with Crippen molar-refractivity contribution in [2.75, 3.05) is 14.2 Å². The lowest BCUT2D eigenvalue weighted by molar-refractivity contribution is -0.179. The summed E-state index contributed by atoms with van der Waals surface area (Å²) >= 11 is 6.00. The third-order valence-corrected chi connectivity index (χ3v) is 4.90. The van der Waals surface area contributed by atoms with Gasteiger partial charge >= 0.3 is 0 Å². The molecule has 152 valence electrons. The molecule has 0 spiro atoms. The maximum atomic E-state index is 12.8. The molecule has 1 aromatic heterocycles. The minimum atomic E-state index is -1.48. The number of fused-ring (bicyclic) bond motifs is 1. The lowest BCUT2D eigenvalue weighted by Crippen LogP contribution is -2.51. The number of carbonyl (C=O) groups is 2. The summed E-state index contributed by atoms with van der Waals surface area (Å²) in [6.07, 6.45) is -1.22.